The van der Waals surface area contributed by atoms with Crippen LogP contribution in [0.4, 0.5) is 18.9 Å². The van der Waals surface area contributed by atoms with Gasteiger partial charge in [0.1, 0.15) is 0 Å². The fourth-order valence-corrected chi connectivity index (χ4v) is 6.63. The highest BCUT2D eigenvalue weighted by atomic mass is 32.2. The summed E-state index contributed by atoms with van der Waals surface area (Å²) in [5, 5.41) is 10.0. The molecule has 0 amide bonds. The van der Waals surface area contributed by atoms with Crippen molar-refractivity contribution in [2.24, 2.45) is 5.73 Å². The van der Waals surface area contributed by atoms with E-state index in [4.69, 9.17) is 18.0 Å². The Morgan fingerprint density at radius 1 is 1.08 bits per heavy atom. The number of hydrogen-bond donors (Lipinski definition) is 2. The first kappa shape index (κ1) is 27.3. The number of allylic oxidation sites excluding steroid dienone is 3. The van der Waals surface area contributed by atoms with Crippen molar-refractivity contribution in [3.63, 3.8) is 0 Å². The lowest BCUT2D eigenvalue weighted by Gasteiger charge is -2.43. The summed E-state index contributed by atoms with van der Waals surface area (Å²) in [5.41, 5.74) is 4.58. The molecular formula is C26H28F3N3O3S2. The smallest absolute Gasteiger partial charge is 0.399 e. The Balaban J connectivity index is 1.64. The predicted octanol–water partition coefficient (Wildman–Crippen LogP) is 4.02. The number of aliphatic hydroxyl groups is 1. The van der Waals surface area contributed by atoms with E-state index >= 15 is 0 Å². The number of nitrogens with zero attached hydrogens (tertiary/aromatic N) is 2. The van der Waals surface area contributed by atoms with Crippen molar-refractivity contribution in [1.82, 2.24) is 4.31 Å². The molecule has 11 heteroatoms. The van der Waals surface area contributed by atoms with E-state index in [0.29, 0.717) is 29.2 Å². The lowest BCUT2D eigenvalue weighted by Crippen LogP contribution is -2.56. The molecule has 0 radical (unpaired) electrons. The zero-order valence-corrected chi connectivity index (χ0v) is 21.8. The van der Waals surface area contributed by atoms with Crippen LogP contribution in [0, 0.1) is 0 Å². The van der Waals surface area contributed by atoms with Gasteiger partial charge in [-0.3, -0.25) is 0 Å². The van der Waals surface area contributed by atoms with Gasteiger partial charge in [-0.25, -0.2) is 8.42 Å². The van der Waals surface area contributed by atoms with Crippen molar-refractivity contribution in [2.75, 3.05) is 24.5 Å². The number of benzene rings is 2. The van der Waals surface area contributed by atoms with Crippen LogP contribution in [0.2, 0.25) is 0 Å². The van der Waals surface area contributed by atoms with Crippen LogP contribution in [0.3, 0.4) is 0 Å². The maximum atomic E-state index is 13.5. The summed E-state index contributed by atoms with van der Waals surface area (Å²) in [6.07, 6.45) is -0.951. The van der Waals surface area contributed by atoms with Gasteiger partial charge in [-0.1, -0.05) is 60.8 Å². The summed E-state index contributed by atoms with van der Waals surface area (Å²) < 4.78 is 68.3. The Kier molecular flexibility index (Phi) is 7.53. The number of hydrogen-bond acceptors (Lipinski definition) is 6. The van der Waals surface area contributed by atoms with Gasteiger partial charge in [-0.2, -0.15) is 17.5 Å². The molecule has 0 aromatic heterocycles. The minimum atomic E-state index is -4.82. The first-order chi connectivity index (χ1) is 17.3. The van der Waals surface area contributed by atoms with Crippen molar-refractivity contribution in [3.05, 3.63) is 88.5 Å². The van der Waals surface area contributed by atoms with Crippen molar-refractivity contribution < 1.29 is 26.7 Å². The molecule has 2 aromatic rings. The molecule has 1 aliphatic carbocycles. The lowest BCUT2D eigenvalue weighted by atomic mass is 9.94. The average molecular weight is 552 g/mol. The maximum absolute atomic E-state index is 13.5. The zero-order chi connectivity index (χ0) is 27.0. The van der Waals surface area contributed by atoms with E-state index in [2.05, 4.69) is 0 Å². The summed E-state index contributed by atoms with van der Waals surface area (Å²) in [6.45, 7) is 1.36. The zero-order valence-electron chi connectivity index (χ0n) is 20.1. The second-order valence-electron chi connectivity index (χ2n) is 9.36. The van der Waals surface area contributed by atoms with Crippen molar-refractivity contribution in [2.45, 2.75) is 37.6 Å². The van der Waals surface area contributed by atoms with Crippen LogP contribution in [0.25, 0.3) is 0 Å². The quantitative estimate of drug-likeness (QED) is 0.528. The topological polar surface area (TPSA) is 86.9 Å². The number of nitrogens with two attached hydrogens (primary N) is 1. The molecule has 37 heavy (non-hydrogen) atoms. The fraction of sp³-hybridized carbons (Fsp3) is 0.346. The van der Waals surface area contributed by atoms with E-state index in [1.165, 1.54) is 34.6 Å². The summed E-state index contributed by atoms with van der Waals surface area (Å²) >= 11 is 5.31. The van der Waals surface area contributed by atoms with Gasteiger partial charge < -0.3 is 15.7 Å². The van der Waals surface area contributed by atoms with Crippen LogP contribution in [-0.2, 0) is 22.0 Å². The van der Waals surface area contributed by atoms with Crippen molar-refractivity contribution in [3.8, 4) is 0 Å². The lowest BCUT2D eigenvalue weighted by molar-refractivity contribution is -0.258. The molecule has 1 heterocycles. The van der Waals surface area contributed by atoms with Crippen LogP contribution >= 0.6 is 12.2 Å². The summed E-state index contributed by atoms with van der Waals surface area (Å²) in [7, 11) is -3.89. The number of halogens is 3. The molecule has 2 atom stereocenters. The van der Waals surface area contributed by atoms with E-state index in [9.17, 15) is 26.7 Å². The van der Waals surface area contributed by atoms with Gasteiger partial charge >= 0.3 is 6.18 Å². The summed E-state index contributed by atoms with van der Waals surface area (Å²) in [5.74, 6) is 0. The standard InChI is InChI=1S/C26H28F3N3O3S2/c1-25(33,26(27,28)29)19-7-10-21(11-8-19)32-14-13-31(17-22(32)15-18-5-3-2-4-6-18)37(34,35)24-16-20(30)9-12-23(24)36/h2-11,16,22,33H,12-15,17,30H2,1H3/t22-,25?/m0/s1. The number of piperazine rings is 1. The van der Waals surface area contributed by atoms with Gasteiger partial charge in [-0.15, -0.1) is 0 Å². The van der Waals surface area contributed by atoms with E-state index in [-0.39, 0.29) is 36.0 Å². The largest absolute Gasteiger partial charge is 0.421 e. The predicted molar refractivity (Wildman–Crippen MR) is 141 cm³/mol. The molecule has 2 aliphatic rings. The average Bonchev–Trinajstić information content (AvgIpc) is 2.85. The highest BCUT2D eigenvalue weighted by Gasteiger charge is 2.51. The molecule has 0 saturated carbocycles. The van der Waals surface area contributed by atoms with Gasteiger partial charge in [-0.05, 0) is 42.7 Å². The molecule has 6 nitrogen and oxygen atoms in total. The summed E-state index contributed by atoms with van der Waals surface area (Å²) in [4.78, 5) is 2.34. The highest BCUT2D eigenvalue weighted by Crippen LogP contribution is 2.39. The fourth-order valence-electron chi connectivity index (χ4n) is 4.55. The highest BCUT2D eigenvalue weighted by molar-refractivity contribution is 7.96. The number of sulfonamides is 1. The second kappa shape index (κ2) is 10.2. The number of rotatable bonds is 6. The molecule has 3 N–H and O–H groups in total. The third-order valence-electron chi connectivity index (χ3n) is 6.79. The number of alkyl halides is 3. The van der Waals surface area contributed by atoms with Crippen LogP contribution in [-0.4, -0.2) is 54.5 Å². The van der Waals surface area contributed by atoms with Crippen LogP contribution in [0.5, 0.6) is 0 Å². The molecular weight excluding hydrogens is 523 g/mol. The Morgan fingerprint density at radius 3 is 2.35 bits per heavy atom. The van der Waals surface area contributed by atoms with E-state index in [0.717, 1.165) is 12.5 Å². The molecule has 0 spiro atoms. The second-order valence-corrected chi connectivity index (χ2v) is 11.8. The molecule has 198 valence electrons. The van der Waals surface area contributed by atoms with E-state index < -0.39 is 21.8 Å². The normalized spacial score (nSPS) is 21.3. The SMILES string of the molecule is CC(O)(c1ccc(N2CCN(S(=O)(=O)C3=CC(N)=CCC3=S)C[C@@H]2Cc2ccccc2)cc1)C(F)(F)F. The molecule has 0 bridgehead atoms. The minimum Gasteiger partial charge on any atom is -0.399 e. The molecule has 4 rings (SSSR count). The monoisotopic (exact) mass is 551 g/mol. The number of anilines is 1. The van der Waals surface area contributed by atoms with Gasteiger partial charge in [0.2, 0.25) is 10.0 Å². The Morgan fingerprint density at radius 2 is 1.73 bits per heavy atom. The van der Waals surface area contributed by atoms with Crippen molar-refractivity contribution in [1.29, 1.82) is 0 Å². The van der Waals surface area contributed by atoms with Gasteiger partial charge in [0.25, 0.3) is 0 Å². The van der Waals surface area contributed by atoms with Crippen LogP contribution in [0.15, 0.2) is 77.4 Å². The van der Waals surface area contributed by atoms with E-state index in [1.807, 2.05) is 35.2 Å². The first-order valence-corrected chi connectivity index (χ1v) is 13.6. The van der Waals surface area contributed by atoms with E-state index in [1.54, 1.807) is 6.08 Å². The number of thiocarbonyl (C=S) groups is 1. The molecule has 1 aliphatic heterocycles. The maximum Gasteiger partial charge on any atom is 0.421 e. The molecule has 2 aromatic carbocycles. The summed E-state index contributed by atoms with van der Waals surface area (Å²) in [6, 6.07) is 14.8. The first-order valence-electron chi connectivity index (χ1n) is 11.7. The van der Waals surface area contributed by atoms with Gasteiger partial charge in [0.05, 0.1) is 4.91 Å². The Bertz CT molecular complexity index is 1320. The molecule has 1 fully saturated rings. The Hall–Kier alpha value is -2.73. The molecule has 1 unspecified atom stereocenters. The minimum absolute atomic E-state index is 0.0353. The van der Waals surface area contributed by atoms with Crippen LogP contribution < -0.4 is 10.6 Å². The van der Waals surface area contributed by atoms with Gasteiger partial charge in [0, 0.05) is 48.3 Å². The van der Waals surface area contributed by atoms with Crippen molar-refractivity contribution >= 4 is 32.8 Å². The third kappa shape index (κ3) is 5.59. The van der Waals surface area contributed by atoms with Gasteiger partial charge in [0.15, 0.2) is 5.60 Å². The Labute approximate surface area is 219 Å². The third-order valence-corrected chi connectivity index (χ3v) is 9.23. The van der Waals surface area contributed by atoms with Crippen LogP contribution in [0.1, 0.15) is 24.5 Å². The molecule has 1 saturated heterocycles.